The average Bonchev–Trinajstić information content (AvgIpc) is 3.19. The van der Waals surface area contributed by atoms with Crippen molar-refractivity contribution < 1.29 is 17.9 Å². The molecular formula is C24H23Cl2N5O4S. The van der Waals surface area contributed by atoms with Crippen LogP contribution in [0.5, 0.6) is 0 Å². The van der Waals surface area contributed by atoms with Gasteiger partial charge in [0.25, 0.3) is 10.0 Å². The highest BCUT2D eigenvalue weighted by Crippen LogP contribution is 2.31. The first-order valence-corrected chi connectivity index (χ1v) is 12.9. The zero-order valence-corrected chi connectivity index (χ0v) is 22.0. The Morgan fingerprint density at radius 2 is 1.75 bits per heavy atom. The summed E-state index contributed by atoms with van der Waals surface area (Å²) in [5.41, 5.74) is 5.84. The lowest BCUT2D eigenvalue weighted by Gasteiger charge is -2.26. The molecule has 0 bridgehead atoms. The molecule has 0 atom stereocenters. The van der Waals surface area contributed by atoms with E-state index in [4.69, 9.17) is 33.7 Å². The first-order valence-electron chi connectivity index (χ1n) is 10.7. The molecule has 0 radical (unpaired) electrons. The van der Waals surface area contributed by atoms with Gasteiger partial charge in [-0.25, -0.2) is 18.4 Å². The average molecular weight is 548 g/mol. The molecule has 9 nitrogen and oxygen atoms in total. The van der Waals surface area contributed by atoms with Gasteiger partial charge >= 0.3 is 5.97 Å². The monoisotopic (exact) mass is 547 g/mol. The molecule has 0 spiro atoms. The van der Waals surface area contributed by atoms with Gasteiger partial charge in [-0.05, 0) is 63.2 Å². The zero-order chi connectivity index (χ0) is 26.3. The van der Waals surface area contributed by atoms with Gasteiger partial charge in [0.2, 0.25) is 0 Å². The standard InChI is InChI=1S/C24H23Cl2N5O4S/c1-24(2,3)35-23(32)14-31(36(33,34)19-10-16(25)9-17(26)11-19)18-4-5-20-15(8-18)6-7-30(20)22-13-28-21(27)12-29-22/h4-13H,14H2,1-3H3,(H2,27,28). The van der Waals surface area contributed by atoms with Crippen molar-refractivity contribution in [2.75, 3.05) is 16.6 Å². The SMILES string of the molecule is CC(C)(C)OC(=O)CN(c1ccc2c(ccn2-c2cnc(N)cn2)c1)S(=O)(=O)c1cc(Cl)cc(Cl)c1. The first-order chi connectivity index (χ1) is 16.8. The largest absolute Gasteiger partial charge is 0.459 e. The molecule has 0 fully saturated rings. The van der Waals surface area contributed by atoms with E-state index in [1.807, 2.05) is 0 Å². The van der Waals surface area contributed by atoms with Crippen LogP contribution < -0.4 is 10.0 Å². The summed E-state index contributed by atoms with van der Waals surface area (Å²) < 4.78 is 35.6. The highest BCUT2D eigenvalue weighted by atomic mass is 35.5. The molecule has 0 aliphatic carbocycles. The van der Waals surface area contributed by atoms with E-state index in [-0.39, 0.29) is 20.6 Å². The van der Waals surface area contributed by atoms with Crippen LogP contribution in [0.25, 0.3) is 16.7 Å². The van der Waals surface area contributed by atoms with E-state index < -0.39 is 28.1 Å². The Kier molecular flexibility index (Phi) is 6.87. The minimum atomic E-state index is -4.25. The second-order valence-electron chi connectivity index (χ2n) is 8.93. The summed E-state index contributed by atoms with van der Waals surface area (Å²) in [4.78, 5) is 20.9. The molecule has 0 unspecified atom stereocenters. The van der Waals surface area contributed by atoms with Gasteiger partial charge in [0.05, 0.1) is 28.5 Å². The lowest BCUT2D eigenvalue weighted by molar-refractivity contribution is -0.152. The van der Waals surface area contributed by atoms with E-state index in [2.05, 4.69) is 9.97 Å². The van der Waals surface area contributed by atoms with Crippen molar-refractivity contribution in [1.29, 1.82) is 0 Å². The van der Waals surface area contributed by atoms with Gasteiger partial charge in [0.15, 0.2) is 5.82 Å². The number of aromatic nitrogens is 3. The second kappa shape index (κ2) is 9.61. The minimum absolute atomic E-state index is 0.149. The third kappa shape index (κ3) is 5.56. The molecule has 4 rings (SSSR count). The number of esters is 1. The van der Waals surface area contributed by atoms with E-state index in [0.29, 0.717) is 17.0 Å². The van der Waals surface area contributed by atoms with Gasteiger partial charge < -0.3 is 10.5 Å². The molecule has 12 heteroatoms. The number of nitrogens with zero attached hydrogens (tertiary/aromatic N) is 4. The maximum Gasteiger partial charge on any atom is 0.327 e. The van der Waals surface area contributed by atoms with Crippen molar-refractivity contribution in [3.8, 4) is 5.82 Å². The van der Waals surface area contributed by atoms with E-state index in [0.717, 1.165) is 9.82 Å². The van der Waals surface area contributed by atoms with Gasteiger partial charge in [0, 0.05) is 21.6 Å². The summed E-state index contributed by atoms with van der Waals surface area (Å²) in [6.45, 7) is 4.56. The van der Waals surface area contributed by atoms with Crippen LogP contribution in [0.2, 0.25) is 10.0 Å². The van der Waals surface area contributed by atoms with Crippen LogP contribution in [0.4, 0.5) is 11.5 Å². The van der Waals surface area contributed by atoms with Crippen molar-refractivity contribution in [1.82, 2.24) is 14.5 Å². The Balaban J connectivity index is 1.80. The molecule has 0 amide bonds. The molecule has 2 aromatic heterocycles. The summed E-state index contributed by atoms with van der Waals surface area (Å²) in [6, 6.07) is 10.8. The normalized spacial score (nSPS) is 12.0. The minimum Gasteiger partial charge on any atom is -0.459 e. The lowest BCUT2D eigenvalue weighted by Crippen LogP contribution is -2.39. The van der Waals surface area contributed by atoms with Crippen LogP contribution in [-0.4, -0.2) is 41.1 Å². The van der Waals surface area contributed by atoms with Crippen molar-refractivity contribution in [2.24, 2.45) is 0 Å². The highest BCUT2D eigenvalue weighted by Gasteiger charge is 2.30. The Morgan fingerprint density at radius 3 is 2.36 bits per heavy atom. The summed E-state index contributed by atoms with van der Waals surface area (Å²) >= 11 is 12.1. The fourth-order valence-electron chi connectivity index (χ4n) is 3.55. The van der Waals surface area contributed by atoms with Crippen LogP contribution in [0.1, 0.15) is 20.8 Å². The Hall–Kier alpha value is -3.34. The Bertz CT molecular complexity index is 1530. The molecule has 2 aromatic carbocycles. The number of benzene rings is 2. The van der Waals surface area contributed by atoms with Crippen LogP contribution in [0.3, 0.4) is 0 Å². The number of ether oxygens (including phenoxy) is 1. The van der Waals surface area contributed by atoms with Crippen molar-refractivity contribution >= 4 is 61.6 Å². The smallest absolute Gasteiger partial charge is 0.327 e. The zero-order valence-electron chi connectivity index (χ0n) is 19.6. The molecule has 2 heterocycles. The predicted molar refractivity (Wildman–Crippen MR) is 140 cm³/mol. The van der Waals surface area contributed by atoms with Crippen LogP contribution >= 0.6 is 23.2 Å². The van der Waals surface area contributed by atoms with Gasteiger partial charge in [-0.2, -0.15) is 0 Å². The number of nitrogens with two attached hydrogens (primary N) is 1. The number of anilines is 2. The molecule has 0 saturated carbocycles. The maximum absolute atomic E-state index is 13.7. The Labute approximate surface area is 218 Å². The molecule has 0 saturated heterocycles. The molecule has 188 valence electrons. The first kappa shape index (κ1) is 25.7. The van der Waals surface area contributed by atoms with Gasteiger partial charge in [-0.3, -0.25) is 13.7 Å². The van der Waals surface area contributed by atoms with Crippen molar-refractivity contribution in [3.63, 3.8) is 0 Å². The Morgan fingerprint density at radius 1 is 1.06 bits per heavy atom. The van der Waals surface area contributed by atoms with E-state index in [1.54, 1.807) is 55.8 Å². The van der Waals surface area contributed by atoms with Crippen LogP contribution in [-0.2, 0) is 19.6 Å². The summed E-state index contributed by atoms with van der Waals surface area (Å²) in [5.74, 6) is 0.120. The number of nitrogen functional groups attached to an aromatic ring is 1. The van der Waals surface area contributed by atoms with Crippen molar-refractivity contribution in [2.45, 2.75) is 31.3 Å². The molecule has 4 aromatic rings. The number of hydrogen-bond donors (Lipinski definition) is 1. The summed E-state index contributed by atoms with van der Waals surface area (Å²) in [6.07, 6.45) is 4.75. The molecular weight excluding hydrogens is 525 g/mol. The molecule has 36 heavy (non-hydrogen) atoms. The lowest BCUT2D eigenvalue weighted by atomic mass is 10.2. The van der Waals surface area contributed by atoms with E-state index in [1.165, 1.54) is 30.6 Å². The molecule has 0 aliphatic heterocycles. The van der Waals surface area contributed by atoms with Crippen molar-refractivity contribution in [3.05, 3.63) is 71.1 Å². The van der Waals surface area contributed by atoms with Gasteiger partial charge in [0.1, 0.15) is 18.0 Å². The van der Waals surface area contributed by atoms with Gasteiger partial charge in [-0.15, -0.1) is 0 Å². The topological polar surface area (TPSA) is 120 Å². The number of sulfonamides is 1. The maximum atomic E-state index is 13.7. The number of hydrogen-bond acceptors (Lipinski definition) is 7. The third-order valence-electron chi connectivity index (χ3n) is 4.98. The third-order valence-corrected chi connectivity index (χ3v) is 7.17. The number of rotatable bonds is 6. The fourth-order valence-corrected chi connectivity index (χ4v) is 5.68. The number of carbonyl (C=O) groups excluding carboxylic acids is 1. The fraction of sp³-hybridized carbons (Fsp3) is 0.208. The van der Waals surface area contributed by atoms with E-state index >= 15 is 0 Å². The van der Waals surface area contributed by atoms with Crippen LogP contribution in [0, 0.1) is 0 Å². The van der Waals surface area contributed by atoms with Crippen LogP contribution in [0.15, 0.2) is 66.0 Å². The molecule has 2 N–H and O–H groups in total. The van der Waals surface area contributed by atoms with Gasteiger partial charge in [-0.1, -0.05) is 23.2 Å². The second-order valence-corrected chi connectivity index (χ2v) is 11.7. The number of fused-ring (bicyclic) bond motifs is 1. The highest BCUT2D eigenvalue weighted by molar-refractivity contribution is 7.92. The molecule has 0 aliphatic rings. The predicted octanol–water partition coefficient (Wildman–Crippen LogP) is 4.85. The summed E-state index contributed by atoms with van der Waals surface area (Å²) in [7, 11) is -4.25. The summed E-state index contributed by atoms with van der Waals surface area (Å²) in [5, 5.41) is 1.01. The van der Waals surface area contributed by atoms with E-state index in [9.17, 15) is 13.2 Å². The quantitative estimate of drug-likeness (QED) is 0.342. The number of halogens is 2. The number of carbonyl (C=O) groups is 1.